The molecule has 7 rings (SSSR count). The highest BCUT2D eigenvalue weighted by atomic mass is 19.1. The van der Waals surface area contributed by atoms with Crippen LogP contribution in [0.25, 0.3) is 10.9 Å². The molecule has 0 radical (unpaired) electrons. The fraction of sp³-hybridized carbons (Fsp3) is 0.750. The summed E-state index contributed by atoms with van der Waals surface area (Å²) < 4.78 is 21.9. The van der Waals surface area contributed by atoms with E-state index in [2.05, 4.69) is 60.4 Å². The van der Waals surface area contributed by atoms with E-state index >= 15 is 0 Å². The Morgan fingerprint density at radius 1 is 0.976 bits per heavy atom. The molecule has 2 N–H and O–H groups in total. The van der Waals surface area contributed by atoms with Crippen molar-refractivity contribution in [1.29, 1.82) is 0 Å². The highest BCUT2D eigenvalue weighted by molar-refractivity contribution is 5.90. The summed E-state index contributed by atoms with van der Waals surface area (Å²) in [5.41, 5.74) is 1.17. The Morgan fingerprint density at radius 3 is 2.41 bits per heavy atom. The summed E-state index contributed by atoms with van der Waals surface area (Å²) >= 11 is 0. The number of fused-ring (bicyclic) bond motifs is 8. The molecule has 5 heteroatoms. The van der Waals surface area contributed by atoms with Crippen LogP contribution in [0.4, 0.5) is 4.39 Å². The van der Waals surface area contributed by atoms with Crippen LogP contribution >= 0.6 is 0 Å². The van der Waals surface area contributed by atoms with Crippen LogP contribution in [0.3, 0.4) is 0 Å². The van der Waals surface area contributed by atoms with Crippen molar-refractivity contribution < 1.29 is 19.0 Å². The largest absolute Gasteiger partial charge is 0.393 e. The number of hydrogen-bond donors (Lipinski definition) is 2. The summed E-state index contributed by atoms with van der Waals surface area (Å²) in [7, 11) is 0. The van der Waals surface area contributed by atoms with Crippen molar-refractivity contribution >= 4 is 16.7 Å². The zero-order valence-corrected chi connectivity index (χ0v) is 26.4. The summed E-state index contributed by atoms with van der Waals surface area (Å²) in [5.74, 6) is 0.522. The van der Waals surface area contributed by atoms with E-state index in [0.29, 0.717) is 17.7 Å². The van der Waals surface area contributed by atoms with Gasteiger partial charge in [0.1, 0.15) is 11.6 Å². The van der Waals surface area contributed by atoms with Gasteiger partial charge in [-0.2, -0.15) is 0 Å². The molecule has 1 aromatic carbocycles. The molecule has 0 amide bonds. The van der Waals surface area contributed by atoms with Crippen LogP contribution in [0.1, 0.15) is 112 Å². The minimum Gasteiger partial charge on any atom is -0.393 e. The summed E-state index contributed by atoms with van der Waals surface area (Å²) in [6.45, 7) is 18.2. The first kappa shape index (κ1) is 28.1. The number of aliphatic hydroxyl groups excluding tert-OH is 1. The molecular weight excluding hydrogens is 513 g/mol. The smallest absolute Gasteiger partial charge is 0.147 e. The lowest BCUT2D eigenvalue weighted by Gasteiger charge is -2.69. The van der Waals surface area contributed by atoms with Crippen molar-refractivity contribution in [2.45, 2.75) is 129 Å². The molecule has 0 bridgehead atoms. The number of benzene rings is 1. The fourth-order valence-corrected chi connectivity index (χ4v) is 12.5. The quantitative estimate of drug-likeness (QED) is 0.371. The molecule has 224 valence electrons. The molecule has 2 heterocycles. The van der Waals surface area contributed by atoms with E-state index in [9.17, 15) is 14.3 Å². The van der Waals surface area contributed by atoms with E-state index in [1.807, 2.05) is 6.07 Å². The molecule has 1 aromatic heterocycles. The molecule has 0 unspecified atom stereocenters. The van der Waals surface area contributed by atoms with Gasteiger partial charge in [-0.1, -0.05) is 46.8 Å². The molecule has 0 spiro atoms. The number of Topliss-reactive ketones (excluding diaryl/α,β-unsaturated/α-hetero) is 1. The van der Waals surface area contributed by atoms with Crippen LogP contribution in [0.2, 0.25) is 0 Å². The standard InChI is InChI=1S/C36H50FNO3/c1-31(2)14-10-15-36(8,41-31)22-13-16-34(6)27(22)24(39)17-26-33(5)18-21-20-11-9-12-23(37)28(20)38-30(21)32(3,4)29(33)25(40)19-35(26,34)7/h9,11-12,22,24,26-27,29,38-39H,10,13-19H2,1-8H3/t22-,24+,26+,27-,29-,33+,34+,35+,36+/m0/s1. The highest BCUT2D eigenvalue weighted by Crippen LogP contribution is 2.75. The van der Waals surface area contributed by atoms with E-state index < -0.39 is 11.5 Å². The van der Waals surface area contributed by atoms with Crippen molar-refractivity contribution in [3.05, 3.63) is 35.3 Å². The summed E-state index contributed by atoms with van der Waals surface area (Å²) in [6.07, 6.45) is 6.91. The minimum atomic E-state index is -0.456. The van der Waals surface area contributed by atoms with Gasteiger partial charge in [-0.15, -0.1) is 0 Å². The first-order chi connectivity index (χ1) is 19.0. The average Bonchev–Trinajstić information content (AvgIpc) is 3.41. The number of nitrogens with one attached hydrogen (secondary N) is 1. The zero-order chi connectivity index (χ0) is 29.5. The van der Waals surface area contributed by atoms with E-state index in [0.717, 1.165) is 61.6 Å². The highest BCUT2D eigenvalue weighted by Gasteiger charge is 2.73. The SMILES string of the molecule is CC1(C)CCC[C@](C)([C@H]2CC[C@]3(C)[C@@H]2[C@H](O)C[C@@H]2[C@@]4(C)Cc5c([nH]c6c(F)cccc56)C(C)(C)[C@@H]4C(=O)C[C@]23C)O1. The monoisotopic (exact) mass is 563 g/mol. The second-order valence-electron chi connectivity index (χ2n) is 17.0. The maximum atomic E-state index is 15.0. The molecule has 4 aliphatic carbocycles. The number of halogens is 1. The number of aromatic amines is 1. The molecule has 4 nitrogen and oxygen atoms in total. The van der Waals surface area contributed by atoms with Gasteiger partial charge < -0.3 is 14.8 Å². The molecular formula is C36H50FNO3. The van der Waals surface area contributed by atoms with Gasteiger partial charge in [0.05, 0.1) is 22.8 Å². The third kappa shape index (κ3) is 3.43. The molecule has 3 saturated carbocycles. The van der Waals surface area contributed by atoms with Crippen molar-refractivity contribution in [3.63, 3.8) is 0 Å². The predicted octanol–water partition coefficient (Wildman–Crippen LogP) is 7.89. The number of aliphatic hydroxyl groups is 1. The third-order valence-electron chi connectivity index (χ3n) is 14.0. The second-order valence-corrected chi connectivity index (χ2v) is 17.0. The predicted molar refractivity (Wildman–Crippen MR) is 160 cm³/mol. The van der Waals surface area contributed by atoms with Gasteiger partial charge in [0.15, 0.2) is 0 Å². The first-order valence-electron chi connectivity index (χ1n) is 16.2. The van der Waals surface area contributed by atoms with Gasteiger partial charge >= 0.3 is 0 Å². The Balaban J connectivity index is 1.34. The van der Waals surface area contributed by atoms with Crippen molar-refractivity contribution in [1.82, 2.24) is 4.98 Å². The third-order valence-corrected chi connectivity index (χ3v) is 14.0. The van der Waals surface area contributed by atoms with Crippen molar-refractivity contribution in [2.24, 2.45) is 39.9 Å². The van der Waals surface area contributed by atoms with Crippen LogP contribution in [0.5, 0.6) is 0 Å². The Hall–Kier alpha value is -1.72. The molecule has 1 aliphatic heterocycles. The topological polar surface area (TPSA) is 62.3 Å². The fourth-order valence-electron chi connectivity index (χ4n) is 12.5. The number of H-pyrrole nitrogens is 1. The second kappa shape index (κ2) is 8.25. The first-order valence-corrected chi connectivity index (χ1v) is 16.2. The van der Waals surface area contributed by atoms with Gasteiger partial charge in [0.25, 0.3) is 0 Å². The van der Waals surface area contributed by atoms with Crippen LogP contribution in [-0.4, -0.2) is 33.2 Å². The van der Waals surface area contributed by atoms with Crippen LogP contribution in [0.15, 0.2) is 18.2 Å². The molecule has 2 aromatic rings. The number of para-hydroxylation sites is 1. The molecule has 41 heavy (non-hydrogen) atoms. The number of hydrogen-bond acceptors (Lipinski definition) is 3. The lowest BCUT2D eigenvalue weighted by atomic mass is 9.35. The number of ketones is 1. The summed E-state index contributed by atoms with van der Waals surface area (Å²) in [4.78, 5) is 18.0. The number of rotatable bonds is 1. The van der Waals surface area contributed by atoms with Crippen LogP contribution in [-0.2, 0) is 21.4 Å². The van der Waals surface area contributed by atoms with E-state index in [4.69, 9.17) is 4.74 Å². The van der Waals surface area contributed by atoms with E-state index in [1.165, 1.54) is 6.07 Å². The molecule has 9 atom stereocenters. The minimum absolute atomic E-state index is 0.116. The number of carbonyl (C=O) groups excluding carboxylic acids is 1. The lowest BCUT2D eigenvalue weighted by Crippen LogP contribution is -2.69. The Labute approximate surface area is 245 Å². The Bertz CT molecular complexity index is 1440. The molecule has 5 aliphatic rings. The van der Waals surface area contributed by atoms with Gasteiger partial charge in [-0.25, -0.2) is 4.39 Å². The zero-order valence-electron chi connectivity index (χ0n) is 26.4. The Kier molecular flexibility index (Phi) is 5.65. The van der Waals surface area contributed by atoms with Gasteiger partial charge in [0, 0.05) is 28.8 Å². The van der Waals surface area contributed by atoms with E-state index in [-0.39, 0.29) is 56.9 Å². The van der Waals surface area contributed by atoms with Crippen molar-refractivity contribution in [3.8, 4) is 0 Å². The number of ether oxygens (including phenoxy) is 1. The van der Waals surface area contributed by atoms with Crippen LogP contribution < -0.4 is 0 Å². The lowest BCUT2D eigenvalue weighted by molar-refractivity contribution is -0.239. The number of aromatic nitrogens is 1. The number of carbonyl (C=O) groups is 1. The van der Waals surface area contributed by atoms with Crippen LogP contribution in [0, 0.1) is 45.7 Å². The van der Waals surface area contributed by atoms with Gasteiger partial charge in [-0.05, 0) is 111 Å². The maximum absolute atomic E-state index is 15.0. The van der Waals surface area contributed by atoms with Gasteiger partial charge in [0.2, 0.25) is 0 Å². The van der Waals surface area contributed by atoms with Gasteiger partial charge in [-0.3, -0.25) is 4.79 Å². The maximum Gasteiger partial charge on any atom is 0.147 e. The molecule has 1 saturated heterocycles. The summed E-state index contributed by atoms with van der Waals surface area (Å²) in [5, 5.41) is 13.2. The Morgan fingerprint density at radius 2 is 1.71 bits per heavy atom. The summed E-state index contributed by atoms with van der Waals surface area (Å²) in [6, 6.07) is 5.34. The van der Waals surface area contributed by atoms with Crippen molar-refractivity contribution in [2.75, 3.05) is 0 Å². The average molecular weight is 564 g/mol. The normalized spacial score (nSPS) is 46.5. The molecule has 4 fully saturated rings. The van der Waals surface area contributed by atoms with E-state index in [1.54, 1.807) is 6.07 Å².